The molecule has 0 saturated heterocycles. The molecule has 0 bridgehead atoms. The molecule has 3 heteroatoms. The van der Waals surface area contributed by atoms with E-state index in [-0.39, 0.29) is 5.41 Å². The lowest BCUT2D eigenvalue weighted by atomic mass is 9.82. The Morgan fingerprint density at radius 2 is 0.981 bits per heavy atom. The summed E-state index contributed by atoms with van der Waals surface area (Å²) >= 11 is 0. The zero-order chi connectivity index (χ0) is 36.0. The van der Waals surface area contributed by atoms with Gasteiger partial charge in [-0.15, -0.1) is 0 Å². The number of furan rings is 2. The van der Waals surface area contributed by atoms with Crippen molar-refractivity contribution in [3.05, 3.63) is 187 Å². The topological polar surface area (TPSA) is 29.5 Å². The largest absolute Gasteiger partial charge is 0.452 e. The molecule has 54 heavy (non-hydrogen) atoms. The molecule has 0 atom stereocenters. The summed E-state index contributed by atoms with van der Waals surface area (Å²) in [7, 11) is 0. The molecule has 0 amide bonds. The standard InChI is InChI=1S/C51H35NO2/c1-51(2)44-17-9-6-15-38(44)39-27-25-36(31-45(39)51)52(46-18-10-7-14-37(46)33-12-4-3-5-13-33)35-23-20-32(21-24-35)34-22-26-41-43-29-28-42-40-16-8-11-19-47(40)53-49(42)50(43)54-48(41)30-34/h3-31H,1-2H3. The normalized spacial score (nSPS) is 13.1. The second kappa shape index (κ2) is 11.6. The molecule has 0 fully saturated rings. The minimum absolute atomic E-state index is 0.109. The van der Waals surface area contributed by atoms with Crippen LogP contribution in [0, 0.1) is 0 Å². The van der Waals surface area contributed by atoms with Gasteiger partial charge in [-0.1, -0.05) is 129 Å². The Bertz CT molecular complexity index is 3070. The highest BCUT2D eigenvalue weighted by molar-refractivity contribution is 6.19. The van der Waals surface area contributed by atoms with Gasteiger partial charge in [0, 0.05) is 43.9 Å². The van der Waals surface area contributed by atoms with Gasteiger partial charge in [0.1, 0.15) is 11.2 Å². The van der Waals surface area contributed by atoms with E-state index in [1.807, 2.05) is 18.2 Å². The Kier molecular flexibility index (Phi) is 6.60. The fraction of sp³-hybridized carbons (Fsp3) is 0.0588. The van der Waals surface area contributed by atoms with E-state index in [0.29, 0.717) is 0 Å². The molecular formula is C51H35NO2. The molecule has 8 aromatic carbocycles. The fourth-order valence-corrected chi connectivity index (χ4v) is 8.79. The predicted molar refractivity (Wildman–Crippen MR) is 224 cm³/mol. The molecule has 2 aromatic heterocycles. The van der Waals surface area contributed by atoms with Gasteiger partial charge in [-0.3, -0.25) is 0 Å². The van der Waals surface area contributed by atoms with Crippen LogP contribution in [-0.4, -0.2) is 0 Å². The van der Waals surface area contributed by atoms with E-state index in [1.165, 1.54) is 33.4 Å². The number of nitrogens with zero attached hydrogens (tertiary/aromatic N) is 1. The lowest BCUT2D eigenvalue weighted by Crippen LogP contribution is -2.16. The average molecular weight is 694 g/mol. The summed E-state index contributed by atoms with van der Waals surface area (Å²) in [6.45, 7) is 4.69. The maximum Gasteiger partial charge on any atom is 0.178 e. The second-order valence-corrected chi connectivity index (χ2v) is 14.9. The molecule has 1 aliphatic rings. The monoisotopic (exact) mass is 693 g/mol. The number of hydrogen-bond donors (Lipinski definition) is 0. The summed E-state index contributed by atoms with van der Waals surface area (Å²) in [6, 6.07) is 63.1. The summed E-state index contributed by atoms with van der Waals surface area (Å²) in [5, 5.41) is 4.32. The Balaban J connectivity index is 1.03. The third kappa shape index (κ3) is 4.55. The summed E-state index contributed by atoms with van der Waals surface area (Å²) < 4.78 is 12.9. The van der Waals surface area contributed by atoms with Crippen molar-refractivity contribution >= 4 is 60.9 Å². The third-order valence-corrected chi connectivity index (χ3v) is 11.5. The molecule has 0 unspecified atom stereocenters. The van der Waals surface area contributed by atoms with Crippen LogP contribution in [0.25, 0.3) is 77.3 Å². The fourth-order valence-electron chi connectivity index (χ4n) is 8.79. The smallest absolute Gasteiger partial charge is 0.178 e. The molecule has 11 rings (SSSR count). The van der Waals surface area contributed by atoms with Gasteiger partial charge in [-0.25, -0.2) is 0 Å². The Morgan fingerprint density at radius 3 is 1.80 bits per heavy atom. The first-order chi connectivity index (χ1) is 26.5. The number of para-hydroxylation sites is 2. The molecule has 1 aliphatic carbocycles. The Labute approximate surface area is 313 Å². The van der Waals surface area contributed by atoms with Crippen molar-refractivity contribution in [1.82, 2.24) is 0 Å². The van der Waals surface area contributed by atoms with Gasteiger partial charge in [0.2, 0.25) is 0 Å². The van der Waals surface area contributed by atoms with Crippen LogP contribution < -0.4 is 4.90 Å². The Hall–Kier alpha value is -6.84. The molecule has 0 radical (unpaired) electrons. The van der Waals surface area contributed by atoms with Gasteiger partial charge in [-0.2, -0.15) is 0 Å². The zero-order valence-corrected chi connectivity index (χ0v) is 30.0. The molecule has 0 saturated carbocycles. The quantitative estimate of drug-likeness (QED) is 0.180. The molecular weight excluding hydrogens is 659 g/mol. The summed E-state index contributed by atoms with van der Waals surface area (Å²) in [6.07, 6.45) is 0. The van der Waals surface area contributed by atoms with Crippen molar-refractivity contribution in [2.24, 2.45) is 0 Å². The van der Waals surface area contributed by atoms with Crippen LogP contribution in [0.4, 0.5) is 17.1 Å². The van der Waals surface area contributed by atoms with Crippen LogP contribution in [0.5, 0.6) is 0 Å². The van der Waals surface area contributed by atoms with Gasteiger partial charge in [0.15, 0.2) is 11.2 Å². The van der Waals surface area contributed by atoms with Crippen molar-refractivity contribution in [3.63, 3.8) is 0 Å². The minimum Gasteiger partial charge on any atom is -0.452 e. The molecule has 3 nitrogen and oxygen atoms in total. The number of hydrogen-bond acceptors (Lipinski definition) is 3. The van der Waals surface area contributed by atoms with Crippen molar-refractivity contribution in [2.45, 2.75) is 19.3 Å². The molecule has 0 aliphatic heterocycles. The first kappa shape index (κ1) is 30.8. The average Bonchev–Trinajstić information content (AvgIpc) is 3.86. The highest BCUT2D eigenvalue weighted by atomic mass is 16.4. The van der Waals surface area contributed by atoms with Gasteiger partial charge >= 0.3 is 0 Å². The number of rotatable bonds is 5. The van der Waals surface area contributed by atoms with Gasteiger partial charge in [-0.05, 0) is 99.6 Å². The van der Waals surface area contributed by atoms with E-state index in [9.17, 15) is 0 Å². The van der Waals surface area contributed by atoms with E-state index >= 15 is 0 Å². The van der Waals surface area contributed by atoms with Gasteiger partial charge < -0.3 is 13.7 Å². The lowest BCUT2D eigenvalue weighted by Gasteiger charge is -2.30. The van der Waals surface area contributed by atoms with Crippen LogP contribution in [0.15, 0.2) is 185 Å². The minimum atomic E-state index is -0.109. The maximum atomic E-state index is 6.56. The number of benzene rings is 8. The van der Waals surface area contributed by atoms with Crippen LogP contribution >= 0.6 is 0 Å². The first-order valence-electron chi connectivity index (χ1n) is 18.6. The van der Waals surface area contributed by atoms with Gasteiger partial charge in [0.05, 0.1) is 5.69 Å². The van der Waals surface area contributed by atoms with E-state index < -0.39 is 0 Å². The highest BCUT2D eigenvalue weighted by Gasteiger charge is 2.36. The SMILES string of the molecule is CC1(C)c2ccccc2-c2ccc(N(c3ccc(-c4ccc5c(c4)oc4c5ccc5c6ccccc6oc54)cc3)c3ccccc3-c3ccccc3)cc21. The molecule has 256 valence electrons. The van der Waals surface area contributed by atoms with E-state index in [1.54, 1.807) is 0 Å². The first-order valence-corrected chi connectivity index (χ1v) is 18.6. The molecule has 0 spiro atoms. The third-order valence-electron chi connectivity index (χ3n) is 11.5. The second-order valence-electron chi connectivity index (χ2n) is 14.9. The van der Waals surface area contributed by atoms with Crippen LogP contribution in [0.1, 0.15) is 25.0 Å². The summed E-state index contributed by atoms with van der Waals surface area (Å²) in [5.41, 5.74) is 16.5. The van der Waals surface area contributed by atoms with Crippen molar-refractivity contribution in [2.75, 3.05) is 4.90 Å². The molecule has 0 N–H and O–H groups in total. The zero-order valence-electron chi connectivity index (χ0n) is 30.0. The molecule has 10 aromatic rings. The van der Waals surface area contributed by atoms with Gasteiger partial charge in [0.25, 0.3) is 0 Å². The number of anilines is 3. The van der Waals surface area contributed by atoms with Crippen molar-refractivity contribution in [3.8, 4) is 33.4 Å². The van der Waals surface area contributed by atoms with Crippen LogP contribution in [0.2, 0.25) is 0 Å². The maximum absolute atomic E-state index is 6.56. The highest BCUT2D eigenvalue weighted by Crippen LogP contribution is 2.51. The predicted octanol–water partition coefficient (Wildman–Crippen LogP) is 14.6. The van der Waals surface area contributed by atoms with Crippen molar-refractivity contribution < 1.29 is 8.83 Å². The Morgan fingerprint density at radius 1 is 0.389 bits per heavy atom. The molecule has 2 heterocycles. The van der Waals surface area contributed by atoms with E-state index in [0.717, 1.165) is 72.1 Å². The lowest BCUT2D eigenvalue weighted by molar-refractivity contribution is 0.633. The van der Waals surface area contributed by atoms with Crippen molar-refractivity contribution in [1.29, 1.82) is 0 Å². The van der Waals surface area contributed by atoms with Crippen LogP contribution in [0.3, 0.4) is 0 Å². The van der Waals surface area contributed by atoms with Crippen LogP contribution in [-0.2, 0) is 5.41 Å². The van der Waals surface area contributed by atoms with E-state index in [2.05, 4.69) is 176 Å². The van der Waals surface area contributed by atoms with E-state index in [4.69, 9.17) is 8.83 Å². The number of fused-ring (bicyclic) bond motifs is 10. The summed E-state index contributed by atoms with van der Waals surface area (Å²) in [4.78, 5) is 2.41. The summed E-state index contributed by atoms with van der Waals surface area (Å²) in [5.74, 6) is 0.